The molecule has 2 aromatic carbocycles. The molecule has 138 valence electrons. The van der Waals surface area contributed by atoms with E-state index in [1.807, 2.05) is 19.9 Å². The smallest absolute Gasteiger partial charge is 0.254 e. The Morgan fingerprint density at radius 3 is 2.35 bits per heavy atom. The van der Waals surface area contributed by atoms with Crippen LogP contribution in [0.3, 0.4) is 0 Å². The quantitative estimate of drug-likeness (QED) is 0.789. The SMILES string of the molecule is CCOc1ccc(C(=O)N(CC)CC(=O)Nc2ccccc2OC)cc1. The van der Waals surface area contributed by atoms with Gasteiger partial charge in [0.1, 0.15) is 18.0 Å². The number of methoxy groups -OCH3 is 1. The first-order valence-electron chi connectivity index (χ1n) is 8.54. The Hall–Kier alpha value is -3.02. The van der Waals surface area contributed by atoms with Crippen molar-refractivity contribution in [1.82, 2.24) is 4.90 Å². The van der Waals surface area contributed by atoms with E-state index in [9.17, 15) is 9.59 Å². The van der Waals surface area contributed by atoms with E-state index in [-0.39, 0.29) is 18.4 Å². The summed E-state index contributed by atoms with van der Waals surface area (Å²) in [5.41, 5.74) is 1.09. The molecule has 0 aromatic heterocycles. The first-order chi connectivity index (χ1) is 12.6. The van der Waals surface area contributed by atoms with Crippen molar-refractivity contribution in [3.8, 4) is 11.5 Å². The standard InChI is InChI=1S/C20H24N2O4/c1-4-22(20(24)15-10-12-16(13-11-15)26-5-2)14-19(23)21-17-8-6-7-9-18(17)25-3/h6-13H,4-5,14H2,1-3H3,(H,21,23). The van der Waals surface area contributed by atoms with Crippen molar-refractivity contribution in [3.63, 3.8) is 0 Å². The predicted octanol–water partition coefficient (Wildman–Crippen LogP) is 3.19. The van der Waals surface area contributed by atoms with Gasteiger partial charge in [-0.2, -0.15) is 0 Å². The van der Waals surface area contributed by atoms with Crippen molar-refractivity contribution in [1.29, 1.82) is 0 Å². The minimum atomic E-state index is -0.282. The Labute approximate surface area is 153 Å². The lowest BCUT2D eigenvalue weighted by molar-refractivity contribution is -0.116. The molecule has 0 saturated carbocycles. The predicted molar refractivity (Wildman–Crippen MR) is 101 cm³/mol. The van der Waals surface area contributed by atoms with Crippen LogP contribution in [0.5, 0.6) is 11.5 Å². The van der Waals surface area contributed by atoms with Gasteiger partial charge in [0.25, 0.3) is 5.91 Å². The molecule has 0 aliphatic rings. The number of likely N-dealkylation sites (N-methyl/N-ethyl adjacent to an activating group) is 1. The highest BCUT2D eigenvalue weighted by atomic mass is 16.5. The van der Waals surface area contributed by atoms with Crippen LogP contribution in [0.2, 0.25) is 0 Å². The first-order valence-corrected chi connectivity index (χ1v) is 8.54. The van der Waals surface area contributed by atoms with E-state index in [1.165, 1.54) is 4.90 Å². The molecular formula is C20H24N2O4. The maximum Gasteiger partial charge on any atom is 0.254 e. The highest BCUT2D eigenvalue weighted by Gasteiger charge is 2.18. The largest absolute Gasteiger partial charge is 0.495 e. The Morgan fingerprint density at radius 1 is 1.04 bits per heavy atom. The van der Waals surface area contributed by atoms with Crippen LogP contribution in [0.4, 0.5) is 5.69 Å². The summed E-state index contributed by atoms with van der Waals surface area (Å²) in [6.45, 7) is 4.69. The zero-order chi connectivity index (χ0) is 18.9. The Balaban J connectivity index is 2.03. The second kappa shape index (κ2) is 9.46. The van der Waals surface area contributed by atoms with Gasteiger partial charge in [0.15, 0.2) is 0 Å². The van der Waals surface area contributed by atoms with Gasteiger partial charge < -0.3 is 19.7 Å². The van der Waals surface area contributed by atoms with E-state index in [1.54, 1.807) is 49.6 Å². The molecule has 0 fully saturated rings. The van der Waals surface area contributed by atoms with Gasteiger partial charge in [-0.25, -0.2) is 0 Å². The third-order valence-corrected chi connectivity index (χ3v) is 3.80. The fraction of sp³-hybridized carbons (Fsp3) is 0.300. The number of amides is 2. The van der Waals surface area contributed by atoms with Crippen molar-refractivity contribution in [3.05, 3.63) is 54.1 Å². The van der Waals surface area contributed by atoms with Crippen LogP contribution >= 0.6 is 0 Å². The van der Waals surface area contributed by atoms with E-state index >= 15 is 0 Å². The van der Waals surface area contributed by atoms with Gasteiger partial charge in [0.05, 0.1) is 19.4 Å². The van der Waals surface area contributed by atoms with E-state index in [0.29, 0.717) is 35.9 Å². The lowest BCUT2D eigenvalue weighted by atomic mass is 10.2. The fourth-order valence-corrected chi connectivity index (χ4v) is 2.48. The number of ether oxygens (including phenoxy) is 2. The summed E-state index contributed by atoms with van der Waals surface area (Å²) in [6, 6.07) is 14.0. The second-order valence-electron chi connectivity index (χ2n) is 5.53. The van der Waals surface area contributed by atoms with Crippen LogP contribution in [0.1, 0.15) is 24.2 Å². The Morgan fingerprint density at radius 2 is 1.73 bits per heavy atom. The number of hydrogen-bond acceptors (Lipinski definition) is 4. The van der Waals surface area contributed by atoms with Crippen molar-refractivity contribution in [2.45, 2.75) is 13.8 Å². The van der Waals surface area contributed by atoms with E-state index < -0.39 is 0 Å². The number of carbonyl (C=O) groups excluding carboxylic acids is 2. The molecule has 2 aromatic rings. The third kappa shape index (κ3) is 4.99. The number of benzene rings is 2. The summed E-state index contributed by atoms with van der Waals surface area (Å²) >= 11 is 0. The van der Waals surface area contributed by atoms with E-state index in [2.05, 4.69) is 5.32 Å². The topological polar surface area (TPSA) is 67.9 Å². The third-order valence-electron chi connectivity index (χ3n) is 3.80. The van der Waals surface area contributed by atoms with Crippen molar-refractivity contribution < 1.29 is 19.1 Å². The van der Waals surface area contributed by atoms with Crippen LogP contribution in [0.25, 0.3) is 0 Å². The molecule has 0 unspecified atom stereocenters. The zero-order valence-electron chi connectivity index (χ0n) is 15.3. The summed E-state index contributed by atoms with van der Waals surface area (Å²) in [5, 5.41) is 2.78. The maximum absolute atomic E-state index is 12.6. The molecule has 0 radical (unpaired) electrons. The Bertz CT molecular complexity index is 744. The molecule has 2 amide bonds. The van der Waals surface area contributed by atoms with Crippen molar-refractivity contribution in [2.75, 3.05) is 32.1 Å². The fourth-order valence-electron chi connectivity index (χ4n) is 2.48. The number of nitrogens with one attached hydrogen (secondary N) is 1. The monoisotopic (exact) mass is 356 g/mol. The van der Waals surface area contributed by atoms with Gasteiger partial charge in [-0.3, -0.25) is 9.59 Å². The molecule has 2 rings (SSSR count). The number of nitrogens with zero attached hydrogens (tertiary/aromatic N) is 1. The van der Waals surface area contributed by atoms with Crippen LogP contribution in [-0.2, 0) is 4.79 Å². The van der Waals surface area contributed by atoms with Gasteiger partial charge in [0, 0.05) is 12.1 Å². The highest BCUT2D eigenvalue weighted by Crippen LogP contribution is 2.23. The molecule has 0 spiro atoms. The molecule has 0 heterocycles. The second-order valence-corrected chi connectivity index (χ2v) is 5.53. The molecule has 0 aliphatic heterocycles. The average Bonchev–Trinajstić information content (AvgIpc) is 2.67. The molecule has 6 heteroatoms. The lowest BCUT2D eigenvalue weighted by Crippen LogP contribution is -2.37. The van der Waals surface area contributed by atoms with Crippen LogP contribution in [0.15, 0.2) is 48.5 Å². The number of carbonyl (C=O) groups is 2. The molecule has 6 nitrogen and oxygen atoms in total. The van der Waals surface area contributed by atoms with Gasteiger partial charge in [-0.15, -0.1) is 0 Å². The summed E-state index contributed by atoms with van der Waals surface area (Å²) in [4.78, 5) is 26.5. The van der Waals surface area contributed by atoms with Crippen molar-refractivity contribution >= 4 is 17.5 Å². The first kappa shape index (κ1) is 19.3. The summed E-state index contributed by atoms with van der Waals surface area (Å²) in [6.07, 6.45) is 0. The van der Waals surface area contributed by atoms with Gasteiger partial charge in [-0.1, -0.05) is 12.1 Å². The zero-order valence-corrected chi connectivity index (χ0v) is 15.3. The number of para-hydroxylation sites is 2. The van der Waals surface area contributed by atoms with Crippen LogP contribution in [-0.4, -0.2) is 43.5 Å². The average molecular weight is 356 g/mol. The molecule has 1 N–H and O–H groups in total. The Kier molecular flexibility index (Phi) is 7.02. The van der Waals surface area contributed by atoms with Gasteiger partial charge in [0.2, 0.25) is 5.91 Å². The number of hydrogen-bond donors (Lipinski definition) is 1. The normalized spacial score (nSPS) is 10.1. The van der Waals surface area contributed by atoms with Gasteiger partial charge in [-0.05, 0) is 50.2 Å². The molecule has 0 atom stereocenters. The maximum atomic E-state index is 12.6. The van der Waals surface area contributed by atoms with E-state index in [4.69, 9.17) is 9.47 Å². The number of anilines is 1. The summed E-state index contributed by atoms with van der Waals surface area (Å²) in [5.74, 6) is 0.795. The molecule has 26 heavy (non-hydrogen) atoms. The molecule has 0 aliphatic carbocycles. The van der Waals surface area contributed by atoms with Crippen molar-refractivity contribution in [2.24, 2.45) is 0 Å². The van der Waals surface area contributed by atoms with Crippen LogP contribution < -0.4 is 14.8 Å². The lowest BCUT2D eigenvalue weighted by Gasteiger charge is -2.21. The number of rotatable bonds is 8. The molecular weight excluding hydrogens is 332 g/mol. The molecule has 0 saturated heterocycles. The van der Waals surface area contributed by atoms with E-state index in [0.717, 1.165) is 0 Å². The minimum Gasteiger partial charge on any atom is -0.495 e. The molecule has 0 bridgehead atoms. The van der Waals surface area contributed by atoms with Crippen LogP contribution in [0, 0.1) is 0 Å². The van der Waals surface area contributed by atoms with Gasteiger partial charge >= 0.3 is 0 Å². The highest BCUT2D eigenvalue weighted by molar-refractivity contribution is 5.99. The summed E-state index contributed by atoms with van der Waals surface area (Å²) in [7, 11) is 1.54. The minimum absolute atomic E-state index is 0.0411. The summed E-state index contributed by atoms with van der Waals surface area (Å²) < 4.78 is 10.6.